The van der Waals surface area contributed by atoms with E-state index in [-0.39, 0.29) is 5.82 Å². The topological polar surface area (TPSA) is 93.7 Å². The molecule has 0 spiro atoms. The number of carbonyl (C=O) groups excluding carboxylic acids is 1. The number of hydrogen-bond donors (Lipinski definition) is 2. The average Bonchev–Trinajstić information content (AvgIpc) is 3.05. The summed E-state index contributed by atoms with van der Waals surface area (Å²) in [6.45, 7) is 0. The van der Waals surface area contributed by atoms with E-state index in [2.05, 4.69) is 20.3 Å². The Morgan fingerprint density at radius 2 is 1.84 bits per heavy atom. The van der Waals surface area contributed by atoms with Gasteiger partial charge in [-0.3, -0.25) is 4.79 Å². The lowest BCUT2D eigenvalue weighted by molar-refractivity contribution is 0.101. The first-order chi connectivity index (χ1) is 11.8. The van der Waals surface area contributed by atoms with E-state index in [4.69, 9.17) is 0 Å². The van der Waals surface area contributed by atoms with Gasteiger partial charge >= 0.3 is 0 Å². The molecule has 2 heterocycles. The summed E-state index contributed by atoms with van der Waals surface area (Å²) in [4.78, 5) is 21.7. The average molecular weight is 372 g/mol. The van der Waals surface area contributed by atoms with Crippen LogP contribution in [0.1, 0.15) is 10.4 Å². The van der Waals surface area contributed by atoms with Crippen LogP contribution in [0.4, 0.5) is 23.4 Å². The second-order valence-corrected chi connectivity index (χ2v) is 6.15. The predicted octanol–water partition coefficient (Wildman–Crippen LogP) is 2.50. The van der Waals surface area contributed by atoms with Crippen LogP contribution in [0.2, 0.25) is 0 Å². The number of anilines is 1. The first-order valence-electron chi connectivity index (χ1n) is 6.61. The van der Waals surface area contributed by atoms with E-state index in [0.29, 0.717) is 11.0 Å². The normalized spacial score (nSPS) is 12.4. The Bertz CT molecular complexity index is 993. The molecule has 0 aliphatic rings. The highest BCUT2D eigenvalue weighted by molar-refractivity contribution is 7.90. The van der Waals surface area contributed by atoms with Crippen molar-refractivity contribution in [2.24, 2.45) is 0 Å². The van der Waals surface area contributed by atoms with Crippen molar-refractivity contribution in [1.82, 2.24) is 15.0 Å². The standard InChI is InChI=1S/C14H8F4N4O2S/c1-25(24)11-6(7(15)8(16)9(17)10(11)18)14(23)22-13-5-2-3-19-12(5)20-4-21-13/h2-4H,1H3,(H2,19,20,21,22,23). The Morgan fingerprint density at radius 3 is 2.52 bits per heavy atom. The number of nitrogens with one attached hydrogen (secondary N) is 2. The van der Waals surface area contributed by atoms with E-state index in [1.165, 1.54) is 12.3 Å². The van der Waals surface area contributed by atoms with Gasteiger partial charge in [-0.2, -0.15) is 4.39 Å². The molecule has 25 heavy (non-hydrogen) atoms. The van der Waals surface area contributed by atoms with Gasteiger partial charge in [0.15, 0.2) is 11.6 Å². The predicted molar refractivity (Wildman–Crippen MR) is 80.4 cm³/mol. The number of amides is 1. The molecule has 0 saturated carbocycles. The second kappa shape index (κ2) is 6.33. The molecular weight excluding hydrogens is 364 g/mol. The molecule has 0 bridgehead atoms. The third-order valence-electron chi connectivity index (χ3n) is 3.32. The van der Waals surface area contributed by atoms with Crippen molar-refractivity contribution in [2.45, 2.75) is 4.90 Å². The van der Waals surface area contributed by atoms with E-state index >= 15 is 0 Å². The molecule has 3 rings (SSSR count). The van der Waals surface area contributed by atoms with Gasteiger partial charge in [-0.05, 0) is 17.2 Å². The van der Waals surface area contributed by atoms with Crippen LogP contribution in [-0.2, 0) is 11.2 Å². The number of benzene rings is 1. The van der Waals surface area contributed by atoms with Crippen molar-refractivity contribution in [3.8, 4) is 0 Å². The number of fused-ring (bicyclic) bond motifs is 1. The van der Waals surface area contributed by atoms with Gasteiger partial charge in [-0.15, -0.1) is 0 Å². The van der Waals surface area contributed by atoms with Crippen LogP contribution in [0.5, 0.6) is 0 Å². The van der Waals surface area contributed by atoms with Gasteiger partial charge in [0.25, 0.3) is 5.91 Å². The number of nitrogens with zero attached hydrogens (tertiary/aromatic N) is 2. The number of hydrogen-bond acceptors (Lipinski definition) is 4. The zero-order chi connectivity index (χ0) is 18.3. The third kappa shape index (κ3) is 2.81. The first-order valence-corrected chi connectivity index (χ1v) is 8.17. The number of aromatic nitrogens is 3. The molecule has 1 unspecified atom stereocenters. The number of aromatic amines is 1. The van der Waals surface area contributed by atoms with Crippen LogP contribution in [0.15, 0.2) is 23.5 Å². The number of halogens is 4. The van der Waals surface area contributed by atoms with Crippen molar-refractivity contribution in [2.75, 3.05) is 11.6 Å². The lowest BCUT2D eigenvalue weighted by Crippen LogP contribution is -2.22. The summed E-state index contributed by atoms with van der Waals surface area (Å²) < 4.78 is 66.4. The minimum atomic E-state index is -2.30. The fraction of sp³-hybridized carbons (Fsp3) is 0.0714. The summed E-state index contributed by atoms with van der Waals surface area (Å²) in [7, 11) is 0. The van der Waals surface area contributed by atoms with Gasteiger partial charge in [-0.25, -0.2) is 23.1 Å². The number of rotatable bonds is 3. The van der Waals surface area contributed by atoms with Gasteiger partial charge in [-0.1, -0.05) is 0 Å². The Labute approximate surface area is 140 Å². The summed E-state index contributed by atoms with van der Waals surface area (Å²) in [5.74, 6) is -9.56. The monoisotopic (exact) mass is 372 g/mol. The van der Waals surface area contributed by atoms with E-state index in [1.54, 1.807) is 0 Å². The molecule has 2 aromatic heterocycles. The van der Waals surface area contributed by atoms with Crippen molar-refractivity contribution >= 4 is 33.9 Å². The summed E-state index contributed by atoms with van der Waals surface area (Å²) in [6, 6.07) is 1.51. The largest absolute Gasteiger partial charge is 0.612 e. The Hall–Kier alpha value is -2.66. The Kier molecular flexibility index (Phi) is 4.35. The van der Waals surface area contributed by atoms with E-state index in [9.17, 15) is 26.9 Å². The van der Waals surface area contributed by atoms with Crippen LogP contribution in [0.25, 0.3) is 11.0 Å². The highest BCUT2D eigenvalue weighted by Crippen LogP contribution is 2.29. The summed E-state index contributed by atoms with van der Waals surface area (Å²) in [6.07, 6.45) is 3.50. The molecule has 0 radical (unpaired) electrons. The lowest BCUT2D eigenvalue weighted by atomic mass is 10.1. The van der Waals surface area contributed by atoms with Crippen molar-refractivity contribution in [3.05, 3.63) is 47.4 Å². The maximum absolute atomic E-state index is 14.1. The Morgan fingerprint density at radius 1 is 1.16 bits per heavy atom. The van der Waals surface area contributed by atoms with Gasteiger partial charge in [0.1, 0.15) is 29.6 Å². The Balaban J connectivity index is 2.13. The van der Waals surface area contributed by atoms with E-state index in [0.717, 1.165) is 12.6 Å². The highest BCUT2D eigenvalue weighted by Gasteiger charge is 2.34. The first kappa shape index (κ1) is 17.2. The van der Waals surface area contributed by atoms with Crippen molar-refractivity contribution in [3.63, 3.8) is 0 Å². The van der Waals surface area contributed by atoms with Gasteiger partial charge in [0, 0.05) is 6.20 Å². The van der Waals surface area contributed by atoms with Crippen LogP contribution in [-0.4, -0.2) is 31.7 Å². The van der Waals surface area contributed by atoms with Crippen LogP contribution >= 0.6 is 0 Å². The summed E-state index contributed by atoms with van der Waals surface area (Å²) in [5, 5.41) is 2.50. The third-order valence-corrected chi connectivity index (χ3v) is 4.28. The van der Waals surface area contributed by atoms with Gasteiger partial charge in [0.05, 0.1) is 5.39 Å². The number of H-pyrrole nitrogens is 1. The molecule has 3 aromatic rings. The van der Waals surface area contributed by atoms with Gasteiger partial charge < -0.3 is 14.9 Å². The lowest BCUT2D eigenvalue weighted by Gasteiger charge is -2.13. The fourth-order valence-corrected chi connectivity index (χ4v) is 3.04. The molecule has 6 nitrogen and oxygen atoms in total. The molecule has 0 aliphatic heterocycles. The molecule has 1 aromatic carbocycles. The molecule has 0 saturated heterocycles. The van der Waals surface area contributed by atoms with E-state index in [1.807, 2.05) is 0 Å². The molecule has 2 N–H and O–H groups in total. The fourth-order valence-electron chi connectivity index (χ4n) is 2.23. The molecule has 130 valence electrons. The maximum Gasteiger partial charge on any atom is 0.265 e. The molecule has 1 atom stereocenters. The van der Waals surface area contributed by atoms with Crippen molar-refractivity contribution < 1.29 is 26.9 Å². The molecule has 0 aliphatic carbocycles. The summed E-state index contributed by atoms with van der Waals surface area (Å²) >= 11 is -2.30. The van der Waals surface area contributed by atoms with Crippen LogP contribution in [0, 0.1) is 23.3 Å². The SMILES string of the molecule is C[S+]([O-])c1c(F)c(F)c(F)c(F)c1C(=O)Nc1ncnc2[nH]ccc12. The van der Waals surface area contributed by atoms with Gasteiger partial charge in [0.2, 0.25) is 16.5 Å². The number of carbonyl (C=O) groups is 1. The minimum absolute atomic E-state index is 0.0753. The molecular formula is C14H8F4N4O2S. The van der Waals surface area contributed by atoms with Crippen LogP contribution in [0.3, 0.4) is 0 Å². The highest BCUT2D eigenvalue weighted by atomic mass is 32.2. The maximum atomic E-state index is 14.1. The minimum Gasteiger partial charge on any atom is -0.612 e. The molecule has 1 amide bonds. The smallest absolute Gasteiger partial charge is 0.265 e. The zero-order valence-electron chi connectivity index (χ0n) is 12.4. The van der Waals surface area contributed by atoms with Crippen molar-refractivity contribution in [1.29, 1.82) is 0 Å². The van der Waals surface area contributed by atoms with Crippen LogP contribution < -0.4 is 5.32 Å². The quantitative estimate of drug-likeness (QED) is 0.320. The molecule has 0 fully saturated rings. The second-order valence-electron chi connectivity index (χ2n) is 4.83. The zero-order valence-corrected chi connectivity index (χ0v) is 13.2. The summed E-state index contributed by atoms with van der Waals surface area (Å²) in [5.41, 5.74) is -0.846. The molecule has 11 heteroatoms. The van der Waals surface area contributed by atoms with E-state index < -0.39 is 50.8 Å².